The Morgan fingerprint density at radius 2 is 0.833 bits per heavy atom. The second-order valence-corrected chi connectivity index (χ2v) is 22.4. The lowest BCUT2D eigenvalue weighted by molar-refractivity contribution is -0.00518. The molecule has 15 rings (SSSR count). The Morgan fingerprint density at radius 1 is 0.347 bits per heavy atom. The lowest BCUT2D eigenvalue weighted by Gasteiger charge is -2.57. The molecule has 0 saturated heterocycles. The van der Waals surface area contributed by atoms with Crippen LogP contribution in [0.15, 0.2) is 224 Å². The third kappa shape index (κ3) is 7.25. The van der Waals surface area contributed by atoms with Gasteiger partial charge >= 0.3 is 0 Å². The summed E-state index contributed by atoms with van der Waals surface area (Å²) >= 11 is 0. The Morgan fingerprint density at radius 3 is 1.42 bits per heavy atom. The molecule has 5 fully saturated rings. The van der Waals surface area contributed by atoms with Crippen molar-refractivity contribution in [3.63, 3.8) is 0 Å². The van der Waals surface area contributed by atoms with Crippen LogP contribution in [-0.2, 0) is 10.8 Å². The van der Waals surface area contributed by atoms with Crippen LogP contribution in [0.2, 0.25) is 0 Å². The molecule has 5 saturated carbocycles. The minimum atomic E-state index is -0.551. The molecule has 352 valence electrons. The monoisotopic (exact) mass is 929 g/mol. The largest absolute Gasteiger partial charge is 0.310 e. The molecule has 0 N–H and O–H groups in total. The van der Waals surface area contributed by atoms with E-state index < -0.39 is 5.41 Å². The van der Waals surface area contributed by atoms with Gasteiger partial charge in [-0.25, -0.2) is 0 Å². The average Bonchev–Trinajstić information content (AvgIpc) is 3.75. The Balaban J connectivity index is 0.920. The van der Waals surface area contributed by atoms with Gasteiger partial charge in [-0.3, -0.25) is 0 Å². The third-order valence-electron chi connectivity index (χ3n) is 18.3. The zero-order chi connectivity index (χ0) is 47.6. The number of nitrogens with zero attached hydrogens (tertiary/aromatic N) is 1. The molecule has 0 spiro atoms. The highest BCUT2D eigenvalue weighted by molar-refractivity contribution is 5.97. The molecule has 1 nitrogen and oxygen atoms in total. The van der Waals surface area contributed by atoms with Crippen LogP contribution < -0.4 is 4.90 Å². The Labute approximate surface area is 427 Å². The quantitative estimate of drug-likeness (QED) is 0.132. The summed E-state index contributed by atoms with van der Waals surface area (Å²) < 4.78 is 0. The molecule has 0 unspecified atom stereocenters. The summed E-state index contributed by atoms with van der Waals surface area (Å²) in [4.78, 5) is 2.53. The van der Waals surface area contributed by atoms with Crippen LogP contribution >= 0.6 is 0 Å². The standard InChI is InChI=1S/C71H63N/c1-5-16-52(17-6-1)53-28-30-55(31-29-53)63-24-13-14-25-64(63)56-32-36-60(37-33-56)72(61-38-34-57(35-39-61)70-46-49-42-50(47-70)44-51(43-49)48-70)62-40-41-66-68(45-62)71(58-20-9-3-10-21-58,59-22-11-4-12-23-59)67-27-15-26-65(69(66)67)54-18-7-2-8-19-54/h2-4,7-15,18-41,45,49-52H,1,5-6,16-17,42-44,46-48H2. The molecule has 0 aliphatic heterocycles. The van der Waals surface area contributed by atoms with Crippen LogP contribution in [0.5, 0.6) is 0 Å². The van der Waals surface area contributed by atoms with Crippen molar-refractivity contribution < 1.29 is 0 Å². The molecule has 0 radical (unpaired) electrons. The van der Waals surface area contributed by atoms with Crippen molar-refractivity contribution in [2.45, 2.75) is 87.4 Å². The number of fused-ring (bicyclic) bond motifs is 3. The van der Waals surface area contributed by atoms with Gasteiger partial charge in [0.15, 0.2) is 0 Å². The van der Waals surface area contributed by atoms with Crippen LogP contribution in [0.4, 0.5) is 17.1 Å². The minimum absolute atomic E-state index is 0.337. The summed E-state index contributed by atoms with van der Waals surface area (Å²) in [6, 6.07) is 85.8. The van der Waals surface area contributed by atoms with E-state index in [0.717, 1.165) is 29.1 Å². The van der Waals surface area contributed by atoms with Crippen molar-refractivity contribution in [1.82, 2.24) is 0 Å². The SMILES string of the molecule is c1ccc(-c2cccc3c2-c2ccc(N(c4ccc(-c5ccccc5-c5ccc(C6CCCCC6)cc5)cc4)c4ccc(C56CC7CC(CC(C7)C5)C6)cc4)cc2C3(c2ccccc2)c2ccccc2)cc1. The molecule has 9 aromatic carbocycles. The van der Waals surface area contributed by atoms with Crippen molar-refractivity contribution >= 4 is 17.1 Å². The summed E-state index contributed by atoms with van der Waals surface area (Å²) in [6.07, 6.45) is 15.2. The maximum Gasteiger partial charge on any atom is 0.0714 e. The molecule has 9 aromatic rings. The van der Waals surface area contributed by atoms with Crippen LogP contribution in [0, 0.1) is 17.8 Å². The second-order valence-electron chi connectivity index (χ2n) is 22.4. The normalized spacial score (nSPS) is 21.5. The average molecular weight is 930 g/mol. The van der Waals surface area contributed by atoms with Gasteiger partial charge in [-0.2, -0.15) is 0 Å². The van der Waals surface area contributed by atoms with Gasteiger partial charge in [0, 0.05) is 17.1 Å². The van der Waals surface area contributed by atoms with Crippen molar-refractivity contribution in [3.05, 3.63) is 258 Å². The molecule has 1 heteroatoms. The molecule has 6 aliphatic carbocycles. The van der Waals surface area contributed by atoms with Gasteiger partial charge in [0.1, 0.15) is 0 Å². The highest BCUT2D eigenvalue weighted by Crippen LogP contribution is 2.62. The topological polar surface area (TPSA) is 3.24 Å². The zero-order valence-corrected chi connectivity index (χ0v) is 41.4. The first kappa shape index (κ1) is 43.6. The molecular formula is C71H63N. The fraction of sp³-hybridized carbons (Fsp3) is 0.239. The van der Waals surface area contributed by atoms with Gasteiger partial charge in [0.25, 0.3) is 0 Å². The number of hydrogen-bond donors (Lipinski definition) is 0. The number of anilines is 3. The van der Waals surface area contributed by atoms with Crippen LogP contribution in [-0.4, -0.2) is 0 Å². The number of rotatable bonds is 10. The van der Waals surface area contributed by atoms with Crippen molar-refractivity contribution in [3.8, 4) is 44.5 Å². The lowest BCUT2D eigenvalue weighted by Crippen LogP contribution is -2.48. The first-order valence-electron chi connectivity index (χ1n) is 27.3. The van der Waals surface area contributed by atoms with Gasteiger partial charge in [-0.15, -0.1) is 0 Å². The summed E-state index contributed by atoms with van der Waals surface area (Å²) in [6.45, 7) is 0. The molecule has 0 aromatic heterocycles. The van der Waals surface area contributed by atoms with Gasteiger partial charge in [-0.05, 0) is 195 Å². The Bertz CT molecular complexity index is 3310. The molecule has 0 atom stereocenters. The van der Waals surface area contributed by atoms with E-state index in [0.29, 0.717) is 11.3 Å². The summed E-state index contributed by atoms with van der Waals surface area (Å²) in [7, 11) is 0. The van der Waals surface area contributed by atoms with Gasteiger partial charge < -0.3 is 4.90 Å². The Hall–Kier alpha value is -7.22. The smallest absolute Gasteiger partial charge is 0.0714 e. The summed E-state index contributed by atoms with van der Waals surface area (Å²) in [5.41, 5.74) is 21.7. The van der Waals surface area contributed by atoms with Gasteiger partial charge in [-0.1, -0.05) is 207 Å². The van der Waals surface area contributed by atoms with E-state index >= 15 is 0 Å². The van der Waals surface area contributed by atoms with Crippen LogP contribution in [0.25, 0.3) is 44.5 Å². The molecule has 0 amide bonds. The predicted octanol–water partition coefficient (Wildman–Crippen LogP) is 19.0. The van der Waals surface area contributed by atoms with E-state index in [1.54, 1.807) is 5.56 Å². The van der Waals surface area contributed by atoms with E-state index in [9.17, 15) is 0 Å². The van der Waals surface area contributed by atoms with Crippen molar-refractivity contribution in [1.29, 1.82) is 0 Å². The third-order valence-corrected chi connectivity index (χ3v) is 18.3. The van der Waals surface area contributed by atoms with Gasteiger partial charge in [0.05, 0.1) is 5.41 Å². The molecule has 6 aliphatic rings. The molecule has 4 bridgehead atoms. The van der Waals surface area contributed by atoms with E-state index in [1.165, 1.54) is 149 Å². The van der Waals surface area contributed by atoms with E-state index in [1.807, 2.05) is 0 Å². The molecular weight excluding hydrogens is 867 g/mol. The van der Waals surface area contributed by atoms with Crippen molar-refractivity contribution in [2.24, 2.45) is 17.8 Å². The summed E-state index contributed by atoms with van der Waals surface area (Å²) in [5.74, 6) is 3.42. The molecule has 72 heavy (non-hydrogen) atoms. The first-order chi connectivity index (χ1) is 35.6. The molecule has 0 heterocycles. The van der Waals surface area contributed by atoms with E-state index in [2.05, 4.69) is 229 Å². The zero-order valence-electron chi connectivity index (χ0n) is 41.4. The fourth-order valence-corrected chi connectivity index (χ4v) is 15.5. The van der Waals surface area contributed by atoms with E-state index in [-0.39, 0.29) is 0 Å². The van der Waals surface area contributed by atoms with Crippen molar-refractivity contribution in [2.75, 3.05) is 4.90 Å². The first-order valence-corrected chi connectivity index (χ1v) is 27.3. The second kappa shape index (κ2) is 17.8. The maximum atomic E-state index is 2.54. The van der Waals surface area contributed by atoms with Gasteiger partial charge in [0.2, 0.25) is 0 Å². The number of benzene rings is 9. The number of hydrogen-bond acceptors (Lipinski definition) is 1. The minimum Gasteiger partial charge on any atom is -0.310 e. The van der Waals surface area contributed by atoms with E-state index in [4.69, 9.17) is 0 Å². The lowest BCUT2D eigenvalue weighted by atomic mass is 9.48. The Kier molecular flexibility index (Phi) is 10.8. The maximum absolute atomic E-state index is 2.54. The highest BCUT2D eigenvalue weighted by atomic mass is 15.1. The predicted molar refractivity (Wildman–Crippen MR) is 300 cm³/mol. The fourth-order valence-electron chi connectivity index (χ4n) is 15.5. The van der Waals surface area contributed by atoms with Crippen LogP contribution in [0.3, 0.4) is 0 Å². The summed E-state index contributed by atoms with van der Waals surface area (Å²) in [5, 5.41) is 0. The highest BCUT2D eigenvalue weighted by Gasteiger charge is 2.52. The van der Waals surface area contributed by atoms with Crippen LogP contribution in [0.1, 0.15) is 110 Å².